The summed E-state index contributed by atoms with van der Waals surface area (Å²) in [5.41, 5.74) is 3.37. The first kappa shape index (κ1) is 18.8. The van der Waals surface area contributed by atoms with Crippen LogP contribution in [0.1, 0.15) is 17.5 Å². The zero-order valence-electron chi connectivity index (χ0n) is 14.6. The molecule has 0 saturated carbocycles. The van der Waals surface area contributed by atoms with Gasteiger partial charge in [-0.1, -0.05) is 36.4 Å². The number of nitrogens with one attached hydrogen (secondary N) is 1. The lowest BCUT2D eigenvalue weighted by atomic mass is 10.1. The molecule has 26 heavy (non-hydrogen) atoms. The Labute approximate surface area is 158 Å². The van der Waals surface area contributed by atoms with Gasteiger partial charge in [-0.3, -0.25) is 9.10 Å². The van der Waals surface area contributed by atoms with Crippen LogP contribution < -0.4 is 9.62 Å². The van der Waals surface area contributed by atoms with Gasteiger partial charge in [0.25, 0.3) is 0 Å². The molecule has 5 nitrogen and oxygen atoms in total. The summed E-state index contributed by atoms with van der Waals surface area (Å²) in [6.45, 7) is 2.39. The smallest absolute Gasteiger partial charge is 0.235 e. The summed E-state index contributed by atoms with van der Waals surface area (Å²) >= 11 is 1.55. The maximum absolute atomic E-state index is 12.3. The monoisotopic (exact) mass is 390 g/mol. The number of sulfonamides is 1. The SMILES string of the molecule is Cc1ccc(N2CCCS2(=O)=O)cc1NC(=O)CSCc1ccccc1. The number of thioether (sulfide) groups is 1. The molecule has 0 aromatic heterocycles. The molecular weight excluding hydrogens is 368 g/mol. The first-order valence-corrected chi connectivity index (χ1v) is 11.2. The van der Waals surface area contributed by atoms with Gasteiger partial charge in [-0.05, 0) is 36.6 Å². The van der Waals surface area contributed by atoms with Gasteiger partial charge in [0.1, 0.15) is 0 Å². The molecule has 1 N–H and O–H groups in total. The van der Waals surface area contributed by atoms with Crippen molar-refractivity contribution in [3.8, 4) is 0 Å². The predicted molar refractivity (Wildman–Crippen MR) is 108 cm³/mol. The second-order valence-electron chi connectivity index (χ2n) is 6.27. The van der Waals surface area contributed by atoms with Crippen LogP contribution in [0.3, 0.4) is 0 Å². The second-order valence-corrected chi connectivity index (χ2v) is 9.27. The van der Waals surface area contributed by atoms with Crippen LogP contribution in [0.2, 0.25) is 0 Å². The summed E-state index contributed by atoms with van der Waals surface area (Å²) < 4.78 is 25.6. The Kier molecular flexibility index (Phi) is 5.88. The first-order valence-electron chi connectivity index (χ1n) is 8.48. The van der Waals surface area contributed by atoms with E-state index in [0.29, 0.717) is 30.1 Å². The molecule has 3 rings (SSSR count). The molecule has 1 amide bonds. The number of rotatable bonds is 6. The van der Waals surface area contributed by atoms with Crippen LogP contribution in [-0.2, 0) is 20.6 Å². The molecule has 2 aromatic rings. The predicted octanol–water partition coefficient (Wildman–Crippen LogP) is 3.41. The van der Waals surface area contributed by atoms with E-state index >= 15 is 0 Å². The van der Waals surface area contributed by atoms with Crippen LogP contribution >= 0.6 is 11.8 Å². The molecule has 1 fully saturated rings. The zero-order chi connectivity index (χ0) is 18.6. The van der Waals surface area contributed by atoms with Gasteiger partial charge >= 0.3 is 0 Å². The number of hydrogen-bond donors (Lipinski definition) is 1. The summed E-state index contributed by atoms with van der Waals surface area (Å²) in [5, 5.41) is 2.91. The normalized spacial score (nSPS) is 15.8. The van der Waals surface area contributed by atoms with Gasteiger partial charge in [0.2, 0.25) is 15.9 Å². The van der Waals surface area contributed by atoms with Crippen molar-refractivity contribution in [3.05, 3.63) is 59.7 Å². The second kappa shape index (κ2) is 8.14. The Morgan fingerprint density at radius 3 is 2.65 bits per heavy atom. The van der Waals surface area contributed by atoms with E-state index in [9.17, 15) is 13.2 Å². The van der Waals surface area contributed by atoms with E-state index in [4.69, 9.17) is 0 Å². The molecule has 1 saturated heterocycles. The molecule has 0 aliphatic carbocycles. The third-order valence-corrected chi connectivity index (χ3v) is 7.10. The number of amides is 1. The fourth-order valence-corrected chi connectivity index (χ4v) is 5.20. The number of benzene rings is 2. The Bertz CT molecular complexity index is 883. The molecule has 0 bridgehead atoms. The molecular formula is C19H22N2O3S2. The highest BCUT2D eigenvalue weighted by molar-refractivity contribution is 7.99. The quantitative estimate of drug-likeness (QED) is 0.821. The van der Waals surface area contributed by atoms with Gasteiger partial charge in [0.15, 0.2) is 0 Å². The number of aryl methyl sites for hydroxylation is 1. The van der Waals surface area contributed by atoms with Crippen molar-refractivity contribution in [2.75, 3.05) is 27.7 Å². The van der Waals surface area contributed by atoms with Gasteiger partial charge in [0, 0.05) is 18.0 Å². The van der Waals surface area contributed by atoms with E-state index in [1.165, 1.54) is 9.87 Å². The van der Waals surface area contributed by atoms with Gasteiger partial charge < -0.3 is 5.32 Å². The lowest BCUT2D eigenvalue weighted by molar-refractivity contribution is -0.113. The third kappa shape index (κ3) is 4.59. The summed E-state index contributed by atoms with van der Waals surface area (Å²) in [5.74, 6) is 1.22. The first-order chi connectivity index (χ1) is 12.5. The largest absolute Gasteiger partial charge is 0.325 e. The maximum atomic E-state index is 12.3. The molecule has 0 spiro atoms. The van der Waals surface area contributed by atoms with Crippen LogP contribution in [-0.4, -0.2) is 32.4 Å². The van der Waals surface area contributed by atoms with Crippen LogP contribution in [0.25, 0.3) is 0 Å². The minimum absolute atomic E-state index is 0.0875. The molecule has 138 valence electrons. The number of carbonyl (C=O) groups is 1. The molecule has 0 atom stereocenters. The van der Waals surface area contributed by atoms with Crippen molar-refractivity contribution in [2.24, 2.45) is 0 Å². The van der Waals surface area contributed by atoms with Crippen LogP contribution in [0, 0.1) is 6.92 Å². The number of carbonyl (C=O) groups excluding carboxylic acids is 1. The molecule has 0 unspecified atom stereocenters. The van der Waals surface area contributed by atoms with Crippen LogP contribution in [0.4, 0.5) is 11.4 Å². The standard InChI is InChI=1S/C19H22N2O3S2/c1-15-8-9-17(21-10-5-11-26(21,23)24)12-18(15)20-19(22)14-25-13-16-6-3-2-4-7-16/h2-4,6-9,12H,5,10-11,13-14H2,1H3,(H,20,22). The van der Waals surface area contributed by atoms with E-state index < -0.39 is 10.0 Å². The molecule has 2 aromatic carbocycles. The van der Waals surface area contributed by atoms with Crippen LogP contribution in [0.15, 0.2) is 48.5 Å². The average molecular weight is 391 g/mol. The summed E-state index contributed by atoms with van der Waals surface area (Å²) in [6.07, 6.45) is 0.633. The maximum Gasteiger partial charge on any atom is 0.235 e. The Morgan fingerprint density at radius 2 is 1.96 bits per heavy atom. The lowest BCUT2D eigenvalue weighted by Crippen LogP contribution is -2.25. The van der Waals surface area contributed by atoms with Crippen LogP contribution in [0.5, 0.6) is 0 Å². The summed E-state index contributed by atoms with van der Waals surface area (Å²) in [4.78, 5) is 12.3. The third-order valence-electron chi connectivity index (χ3n) is 4.23. The van der Waals surface area contributed by atoms with Crippen molar-refractivity contribution in [1.29, 1.82) is 0 Å². The minimum Gasteiger partial charge on any atom is -0.325 e. The lowest BCUT2D eigenvalue weighted by Gasteiger charge is -2.19. The zero-order valence-corrected chi connectivity index (χ0v) is 16.3. The highest BCUT2D eigenvalue weighted by Gasteiger charge is 2.28. The minimum atomic E-state index is -3.23. The molecule has 0 radical (unpaired) electrons. The van der Waals surface area contributed by atoms with Crippen molar-refractivity contribution in [1.82, 2.24) is 0 Å². The Hall–Kier alpha value is -1.99. The molecule has 1 aliphatic rings. The van der Waals surface area contributed by atoms with Gasteiger partial charge in [-0.25, -0.2) is 8.42 Å². The molecule has 1 aliphatic heterocycles. The topological polar surface area (TPSA) is 66.5 Å². The highest BCUT2D eigenvalue weighted by atomic mass is 32.2. The van der Waals surface area contributed by atoms with E-state index in [1.807, 2.05) is 43.3 Å². The van der Waals surface area contributed by atoms with E-state index in [2.05, 4.69) is 5.32 Å². The highest BCUT2D eigenvalue weighted by Crippen LogP contribution is 2.28. The molecule has 1 heterocycles. The fourth-order valence-electron chi connectivity index (χ4n) is 2.85. The summed E-state index contributed by atoms with van der Waals surface area (Å²) in [6, 6.07) is 15.4. The summed E-state index contributed by atoms with van der Waals surface area (Å²) in [7, 11) is -3.23. The van der Waals surface area contributed by atoms with E-state index in [-0.39, 0.29) is 11.7 Å². The van der Waals surface area contributed by atoms with Gasteiger partial charge in [-0.15, -0.1) is 11.8 Å². The molecule has 7 heteroatoms. The fraction of sp³-hybridized carbons (Fsp3) is 0.316. The van der Waals surface area contributed by atoms with E-state index in [0.717, 1.165) is 11.3 Å². The van der Waals surface area contributed by atoms with Crippen molar-refractivity contribution >= 4 is 39.1 Å². The Morgan fingerprint density at radius 1 is 1.19 bits per heavy atom. The number of anilines is 2. The van der Waals surface area contributed by atoms with Gasteiger partial charge in [0.05, 0.1) is 17.2 Å². The van der Waals surface area contributed by atoms with Crippen molar-refractivity contribution in [2.45, 2.75) is 19.1 Å². The van der Waals surface area contributed by atoms with Gasteiger partial charge in [-0.2, -0.15) is 0 Å². The van der Waals surface area contributed by atoms with Crippen molar-refractivity contribution < 1.29 is 13.2 Å². The number of nitrogens with zero attached hydrogens (tertiary/aromatic N) is 1. The average Bonchev–Trinajstić information content (AvgIpc) is 2.97. The van der Waals surface area contributed by atoms with E-state index in [1.54, 1.807) is 23.9 Å². The Balaban J connectivity index is 1.62. The van der Waals surface area contributed by atoms with Crippen molar-refractivity contribution in [3.63, 3.8) is 0 Å². The number of hydrogen-bond acceptors (Lipinski definition) is 4.